The molecule has 2 aromatic rings. The molecule has 3 unspecified atom stereocenters. The minimum absolute atomic E-state index is 0.543. The molecule has 3 atom stereocenters. The van der Waals surface area contributed by atoms with Crippen LogP contribution in [0, 0.1) is 0 Å². The zero-order chi connectivity index (χ0) is 19.6. The van der Waals surface area contributed by atoms with E-state index >= 15 is 0 Å². The normalized spacial score (nSPS) is 22.2. The van der Waals surface area contributed by atoms with Crippen LogP contribution in [0.25, 0.3) is 0 Å². The molecule has 144 valence electrons. The number of hydrogen-bond donors (Lipinski definition) is 1. The third-order valence-corrected chi connectivity index (χ3v) is 5.90. The summed E-state index contributed by atoms with van der Waals surface area (Å²) in [6.07, 6.45) is 3.76. The molecule has 2 aromatic carbocycles. The second kappa shape index (κ2) is 7.77. The Morgan fingerprint density at radius 1 is 1.00 bits per heavy atom. The average Bonchev–Trinajstić information content (AvgIpc) is 2.67. The first-order valence-electron chi connectivity index (χ1n) is 9.79. The average molecular weight is 366 g/mol. The second-order valence-electron chi connectivity index (χ2n) is 7.80. The van der Waals surface area contributed by atoms with Gasteiger partial charge >= 0.3 is 0 Å². The van der Waals surface area contributed by atoms with Crippen molar-refractivity contribution in [2.75, 3.05) is 12.0 Å². The molecule has 1 fully saturated rings. The first kappa shape index (κ1) is 19.5. The number of methoxy groups -OCH3 is 1. The molecule has 0 saturated carbocycles. The van der Waals surface area contributed by atoms with Gasteiger partial charge in [-0.15, -0.1) is 0 Å². The van der Waals surface area contributed by atoms with Gasteiger partial charge in [-0.25, -0.2) is 0 Å². The minimum Gasteiger partial charge on any atom is -0.497 e. The first-order chi connectivity index (χ1) is 12.9. The van der Waals surface area contributed by atoms with Gasteiger partial charge in [0.1, 0.15) is 11.4 Å². The molecule has 3 rings (SSSR count). The molecule has 0 radical (unpaired) electrons. The van der Waals surface area contributed by atoms with Crippen LogP contribution >= 0.6 is 0 Å². The van der Waals surface area contributed by atoms with Crippen LogP contribution in [0.1, 0.15) is 51.2 Å². The van der Waals surface area contributed by atoms with Gasteiger partial charge in [-0.2, -0.15) is 0 Å². The summed E-state index contributed by atoms with van der Waals surface area (Å²) in [4.78, 5) is 2.50. The van der Waals surface area contributed by atoms with Gasteiger partial charge in [-0.05, 0) is 81.0 Å². The van der Waals surface area contributed by atoms with E-state index in [1.54, 1.807) is 7.11 Å². The number of aliphatic hydroxyl groups is 1. The van der Waals surface area contributed by atoms with Crippen LogP contribution in [0.5, 0.6) is 5.75 Å². The van der Waals surface area contributed by atoms with E-state index in [4.69, 9.17) is 4.74 Å². The predicted molar refractivity (Wildman–Crippen MR) is 113 cm³/mol. The Morgan fingerprint density at radius 3 is 1.93 bits per heavy atom. The Hall–Kier alpha value is -2.26. The molecule has 1 heterocycles. The maximum Gasteiger partial charge on any atom is 0.136 e. The van der Waals surface area contributed by atoms with Crippen molar-refractivity contribution in [1.29, 1.82) is 0 Å². The molecule has 3 nitrogen and oxygen atoms in total. The third-order valence-electron chi connectivity index (χ3n) is 5.90. The van der Waals surface area contributed by atoms with E-state index in [1.807, 2.05) is 43.3 Å². The van der Waals surface area contributed by atoms with Crippen molar-refractivity contribution in [2.24, 2.45) is 0 Å². The monoisotopic (exact) mass is 365 g/mol. The Morgan fingerprint density at radius 2 is 1.48 bits per heavy atom. The van der Waals surface area contributed by atoms with E-state index in [0.29, 0.717) is 17.7 Å². The maximum atomic E-state index is 11.5. The molecule has 1 aliphatic heterocycles. The number of hydrogen-bond acceptors (Lipinski definition) is 3. The lowest BCUT2D eigenvalue weighted by atomic mass is 9.81. The van der Waals surface area contributed by atoms with Crippen molar-refractivity contribution in [1.82, 2.24) is 0 Å². The summed E-state index contributed by atoms with van der Waals surface area (Å²) in [6.45, 7) is 10.5. The van der Waals surface area contributed by atoms with E-state index in [1.165, 1.54) is 24.9 Å². The molecule has 0 aliphatic carbocycles. The summed E-state index contributed by atoms with van der Waals surface area (Å²) in [5.41, 5.74) is 2.33. The molecule has 0 amide bonds. The Kier molecular flexibility index (Phi) is 5.61. The Bertz CT molecular complexity index is 771. The van der Waals surface area contributed by atoms with Gasteiger partial charge in [0, 0.05) is 17.8 Å². The highest BCUT2D eigenvalue weighted by atomic mass is 16.5. The largest absolute Gasteiger partial charge is 0.497 e. The fourth-order valence-corrected chi connectivity index (χ4v) is 4.30. The third kappa shape index (κ3) is 3.61. The van der Waals surface area contributed by atoms with Crippen molar-refractivity contribution < 1.29 is 9.84 Å². The number of rotatable bonds is 5. The van der Waals surface area contributed by atoms with E-state index in [0.717, 1.165) is 16.9 Å². The molecular formula is C24H31NO2. The molecule has 27 heavy (non-hydrogen) atoms. The number of piperidine rings is 1. The van der Waals surface area contributed by atoms with Crippen LogP contribution in [0.15, 0.2) is 60.7 Å². The quantitative estimate of drug-likeness (QED) is 0.732. The van der Waals surface area contributed by atoms with Gasteiger partial charge in [-0.1, -0.05) is 30.8 Å². The number of benzene rings is 2. The van der Waals surface area contributed by atoms with E-state index in [-0.39, 0.29) is 0 Å². The second-order valence-corrected chi connectivity index (χ2v) is 7.80. The molecule has 1 aliphatic rings. The summed E-state index contributed by atoms with van der Waals surface area (Å²) < 4.78 is 5.24. The lowest BCUT2D eigenvalue weighted by Gasteiger charge is -2.41. The lowest BCUT2D eigenvalue weighted by molar-refractivity contribution is 0.121. The zero-order valence-corrected chi connectivity index (χ0v) is 16.9. The topological polar surface area (TPSA) is 32.7 Å². The molecule has 1 saturated heterocycles. The van der Waals surface area contributed by atoms with Crippen molar-refractivity contribution in [3.8, 4) is 5.75 Å². The standard InChI is InChI=1S/C24H31NO2/c1-17(2)24(26,21-11-15-23(27-5)16-12-21)20-9-13-22(14-10-20)25-18(3)7-6-8-19(25)4/h9-16,18-19,26H,1,6-8H2,2-5H3. The molecule has 3 heteroatoms. The summed E-state index contributed by atoms with van der Waals surface area (Å²) in [6, 6.07) is 16.9. The lowest BCUT2D eigenvalue weighted by Crippen LogP contribution is -2.43. The van der Waals surface area contributed by atoms with Crippen LogP contribution < -0.4 is 9.64 Å². The van der Waals surface area contributed by atoms with Crippen molar-refractivity contribution in [2.45, 2.75) is 57.7 Å². The molecular weight excluding hydrogens is 334 g/mol. The highest BCUT2D eigenvalue weighted by Crippen LogP contribution is 2.38. The van der Waals surface area contributed by atoms with Gasteiger partial charge in [-0.3, -0.25) is 0 Å². The number of anilines is 1. The van der Waals surface area contributed by atoms with Gasteiger partial charge in [0.2, 0.25) is 0 Å². The van der Waals surface area contributed by atoms with Crippen LogP contribution in [-0.4, -0.2) is 24.3 Å². The van der Waals surface area contributed by atoms with E-state index < -0.39 is 5.60 Å². The summed E-state index contributed by atoms with van der Waals surface area (Å²) in [5, 5.41) is 11.5. The van der Waals surface area contributed by atoms with Gasteiger partial charge in [0.05, 0.1) is 7.11 Å². The van der Waals surface area contributed by atoms with Gasteiger partial charge < -0.3 is 14.7 Å². The van der Waals surface area contributed by atoms with Crippen molar-refractivity contribution >= 4 is 5.69 Å². The van der Waals surface area contributed by atoms with E-state index in [9.17, 15) is 5.11 Å². The zero-order valence-electron chi connectivity index (χ0n) is 16.9. The molecule has 0 bridgehead atoms. The maximum absolute atomic E-state index is 11.5. The molecule has 0 aromatic heterocycles. The fraction of sp³-hybridized carbons (Fsp3) is 0.417. The highest BCUT2D eigenvalue weighted by molar-refractivity contribution is 5.53. The van der Waals surface area contributed by atoms with Crippen molar-refractivity contribution in [3.63, 3.8) is 0 Å². The van der Waals surface area contributed by atoms with Crippen LogP contribution in [0.2, 0.25) is 0 Å². The summed E-state index contributed by atoms with van der Waals surface area (Å²) >= 11 is 0. The molecule has 1 N–H and O–H groups in total. The highest BCUT2D eigenvalue weighted by Gasteiger charge is 2.33. The van der Waals surface area contributed by atoms with Gasteiger partial charge in [0.15, 0.2) is 0 Å². The van der Waals surface area contributed by atoms with E-state index in [2.05, 4.69) is 37.5 Å². The smallest absolute Gasteiger partial charge is 0.136 e. The minimum atomic E-state index is -1.22. The Balaban J connectivity index is 1.95. The first-order valence-corrected chi connectivity index (χ1v) is 9.79. The summed E-state index contributed by atoms with van der Waals surface area (Å²) in [7, 11) is 1.64. The van der Waals surface area contributed by atoms with Gasteiger partial charge in [0.25, 0.3) is 0 Å². The fourth-order valence-electron chi connectivity index (χ4n) is 4.30. The SMILES string of the molecule is C=C(C)C(O)(c1ccc(OC)cc1)c1ccc(N2C(C)CCCC2C)cc1. The summed E-state index contributed by atoms with van der Waals surface area (Å²) in [5.74, 6) is 0.770. The van der Waals surface area contributed by atoms with Crippen LogP contribution in [0.3, 0.4) is 0 Å². The Labute approximate surface area is 163 Å². The number of ether oxygens (including phenoxy) is 1. The van der Waals surface area contributed by atoms with Crippen LogP contribution in [-0.2, 0) is 5.60 Å². The van der Waals surface area contributed by atoms with Crippen molar-refractivity contribution in [3.05, 3.63) is 71.8 Å². The van der Waals surface area contributed by atoms with Crippen LogP contribution in [0.4, 0.5) is 5.69 Å². The predicted octanol–water partition coefficient (Wildman–Crippen LogP) is 5.27. The number of nitrogens with zero attached hydrogens (tertiary/aromatic N) is 1. The molecule has 0 spiro atoms.